The molecule has 0 aliphatic rings. The SMILES string of the molecule is O=C(Nc1nnc(CCOc2ccccc2)s1)c1ccc2cc[nH]c2c1. The molecule has 0 atom stereocenters. The lowest BCUT2D eigenvalue weighted by Crippen LogP contribution is -2.11. The van der Waals surface area contributed by atoms with E-state index in [4.69, 9.17) is 4.74 Å². The molecule has 0 aliphatic carbocycles. The van der Waals surface area contributed by atoms with Gasteiger partial charge in [0, 0.05) is 23.7 Å². The Labute approximate surface area is 153 Å². The van der Waals surface area contributed by atoms with Crippen molar-refractivity contribution >= 4 is 33.3 Å². The summed E-state index contributed by atoms with van der Waals surface area (Å²) in [6, 6.07) is 17.1. The zero-order chi connectivity index (χ0) is 17.8. The van der Waals surface area contributed by atoms with Gasteiger partial charge >= 0.3 is 0 Å². The van der Waals surface area contributed by atoms with E-state index in [1.54, 1.807) is 6.07 Å². The normalized spacial score (nSPS) is 10.8. The first-order valence-corrected chi connectivity index (χ1v) is 8.98. The number of carbonyl (C=O) groups is 1. The molecule has 2 aromatic heterocycles. The summed E-state index contributed by atoms with van der Waals surface area (Å²) in [5, 5.41) is 13.3. The third kappa shape index (κ3) is 3.73. The van der Waals surface area contributed by atoms with Crippen LogP contribution in [0.2, 0.25) is 0 Å². The lowest BCUT2D eigenvalue weighted by Gasteiger charge is -2.03. The molecule has 2 N–H and O–H groups in total. The van der Waals surface area contributed by atoms with Crippen molar-refractivity contribution in [1.29, 1.82) is 0 Å². The Balaban J connectivity index is 1.34. The smallest absolute Gasteiger partial charge is 0.257 e. The number of para-hydroxylation sites is 1. The van der Waals surface area contributed by atoms with Gasteiger partial charge in [-0.25, -0.2) is 0 Å². The molecule has 1 amide bonds. The Morgan fingerprint density at radius 2 is 2.00 bits per heavy atom. The van der Waals surface area contributed by atoms with E-state index in [1.807, 2.05) is 54.7 Å². The summed E-state index contributed by atoms with van der Waals surface area (Å²) < 4.78 is 5.65. The van der Waals surface area contributed by atoms with E-state index >= 15 is 0 Å². The number of aromatic nitrogens is 3. The minimum Gasteiger partial charge on any atom is -0.493 e. The topological polar surface area (TPSA) is 79.9 Å². The molecule has 0 radical (unpaired) electrons. The number of aromatic amines is 1. The molecule has 0 saturated heterocycles. The number of carbonyl (C=O) groups excluding carboxylic acids is 1. The Morgan fingerprint density at radius 1 is 1.12 bits per heavy atom. The van der Waals surface area contributed by atoms with E-state index in [0.29, 0.717) is 23.7 Å². The summed E-state index contributed by atoms with van der Waals surface area (Å²) in [5.74, 6) is 0.620. The molecule has 2 heterocycles. The molecule has 130 valence electrons. The fraction of sp³-hybridized carbons (Fsp3) is 0.105. The van der Waals surface area contributed by atoms with Gasteiger partial charge in [-0.1, -0.05) is 35.6 Å². The number of amides is 1. The minimum atomic E-state index is -0.204. The first-order chi connectivity index (χ1) is 12.8. The van der Waals surface area contributed by atoms with Gasteiger partial charge in [-0.15, -0.1) is 10.2 Å². The number of benzene rings is 2. The van der Waals surface area contributed by atoms with Crippen LogP contribution in [0.1, 0.15) is 15.4 Å². The van der Waals surface area contributed by atoms with Crippen molar-refractivity contribution in [2.45, 2.75) is 6.42 Å². The van der Waals surface area contributed by atoms with Crippen molar-refractivity contribution in [2.75, 3.05) is 11.9 Å². The number of anilines is 1. The third-order valence-electron chi connectivity index (χ3n) is 3.83. The second-order valence-electron chi connectivity index (χ2n) is 5.65. The highest BCUT2D eigenvalue weighted by atomic mass is 32.1. The van der Waals surface area contributed by atoms with Crippen molar-refractivity contribution in [3.05, 3.63) is 71.4 Å². The van der Waals surface area contributed by atoms with Gasteiger partial charge in [-0.05, 0) is 35.7 Å². The van der Waals surface area contributed by atoms with Crippen LogP contribution < -0.4 is 10.1 Å². The molecule has 0 fully saturated rings. The molecular formula is C19H16N4O2S. The highest BCUT2D eigenvalue weighted by molar-refractivity contribution is 7.15. The summed E-state index contributed by atoms with van der Waals surface area (Å²) in [6.07, 6.45) is 2.48. The lowest BCUT2D eigenvalue weighted by atomic mass is 10.1. The fourth-order valence-electron chi connectivity index (χ4n) is 2.54. The average Bonchev–Trinajstić information content (AvgIpc) is 3.31. The van der Waals surface area contributed by atoms with E-state index < -0.39 is 0 Å². The number of hydrogen-bond donors (Lipinski definition) is 2. The number of fused-ring (bicyclic) bond motifs is 1. The number of nitrogens with zero attached hydrogens (tertiary/aromatic N) is 2. The van der Waals surface area contributed by atoms with Gasteiger partial charge in [0.2, 0.25) is 5.13 Å². The first-order valence-electron chi connectivity index (χ1n) is 8.17. The second kappa shape index (κ2) is 7.37. The van der Waals surface area contributed by atoms with Crippen LogP contribution in [-0.2, 0) is 6.42 Å². The van der Waals surface area contributed by atoms with Gasteiger partial charge < -0.3 is 9.72 Å². The first kappa shape index (κ1) is 16.3. The van der Waals surface area contributed by atoms with E-state index in [2.05, 4.69) is 20.5 Å². The van der Waals surface area contributed by atoms with E-state index in [9.17, 15) is 4.79 Å². The van der Waals surface area contributed by atoms with Crippen LogP contribution >= 0.6 is 11.3 Å². The fourth-order valence-corrected chi connectivity index (χ4v) is 3.25. The monoisotopic (exact) mass is 364 g/mol. The van der Waals surface area contributed by atoms with Gasteiger partial charge in [0.25, 0.3) is 5.91 Å². The molecule has 0 spiro atoms. The standard InChI is InChI=1S/C19H16N4O2S/c24-18(14-7-6-13-8-10-20-16(13)12-14)21-19-23-22-17(26-19)9-11-25-15-4-2-1-3-5-15/h1-8,10,12,20H,9,11H2,(H,21,23,24). The van der Waals surface area contributed by atoms with Crippen LogP contribution in [0.4, 0.5) is 5.13 Å². The molecule has 0 saturated carbocycles. The predicted octanol–water partition coefficient (Wildman–Crippen LogP) is 3.89. The summed E-state index contributed by atoms with van der Waals surface area (Å²) in [7, 11) is 0. The third-order valence-corrected chi connectivity index (χ3v) is 4.73. The van der Waals surface area contributed by atoms with Crippen molar-refractivity contribution in [2.24, 2.45) is 0 Å². The quantitative estimate of drug-likeness (QED) is 0.544. The highest BCUT2D eigenvalue weighted by Crippen LogP contribution is 2.19. The van der Waals surface area contributed by atoms with Crippen LogP contribution in [0, 0.1) is 0 Å². The summed E-state index contributed by atoms with van der Waals surface area (Å²) in [6.45, 7) is 0.510. The van der Waals surface area contributed by atoms with Gasteiger partial charge in [0.05, 0.1) is 6.61 Å². The van der Waals surface area contributed by atoms with E-state index in [-0.39, 0.29) is 5.91 Å². The molecule has 7 heteroatoms. The van der Waals surface area contributed by atoms with Gasteiger partial charge in [-0.2, -0.15) is 0 Å². The Morgan fingerprint density at radius 3 is 2.88 bits per heavy atom. The molecule has 4 aromatic rings. The van der Waals surface area contributed by atoms with Crippen molar-refractivity contribution in [3.8, 4) is 5.75 Å². The van der Waals surface area contributed by atoms with Crippen LogP contribution in [0.3, 0.4) is 0 Å². The summed E-state index contributed by atoms with van der Waals surface area (Å²) in [5.41, 5.74) is 1.50. The maximum atomic E-state index is 12.4. The molecule has 4 rings (SSSR count). The molecule has 26 heavy (non-hydrogen) atoms. The Hall–Kier alpha value is -3.19. The summed E-state index contributed by atoms with van der Waals surface area (Å²) >= 11 is 1.35. The molecule has 6 nitrogen and oxygen atoms in total. The van der Waals surface area contributed by atoms with Crippen molar-refractivity contribution < 1.29 is 9.53 Å². The Kier molecular flexibility index (Phi) is 4.61. The van der Waals surface area contributed by atoms with Gasteiger partial charge in [0.15, 0.2) is 0 Å². The number of rotatable bonds is 6. The molecule has 0 aliphatic heterocycles. The van der Waals surface area contributed by atoms with Crippen LogP contribution in [0.15, 0.2) is 60.8 Å². The van der Waals surface area contributed by atoms with Crippen molar-refractivity contribution in [1.82, 2.24) is 15.2 Å². The van der Waals surface area contributed by atoms with Gasteiger partial charge in [0.1, 0.15) is 10.8 Å². The van der Waals surface area contributed by atoms with E-state index in [1.165, 1.54) is 11.3 Å². The predicted molar refractivity (Wildman–Crippen MR) is 102 cm³/mol. The largest absolute Gasteiger partial charge is 0.493 e. The van der Waals surface area contributed by atoms with Gasteiger partial charge in [-0.3, -0.25) is 10.1 Å². The number of nitrogens with one attached hydrogen (secondary N) is 2. The van der Waals surface area contributed by atoms with Crippen LogP contribution in [0.5, 0.6) is 5.75 Å². The Bertz CT molecular complexity index is 1030. The van der Waals surface area contributed by atoms with Crippen molar-refractivity contribution in [3.63, 3.8) is 0 Å². The maximum absolute atomic E-state index is 12.4. The molecule has 0 unspecified atom stereocenters. The van der Waals surface area contributed by atoms with Crippen LogP contribution in [-0.4, -0.2) is 27.7 Å². The number of hydrogen-bond acceptors (Lipinski definition) is 5. The summed E-state index contributed by atoms with van der Waals surface area (Å²) in [4.78, 5) is 15.5. The maximum Gasteiger partial charge on any atom is 0.257 e. The molecule has 2 aromatic carbocycles. The number of ether oxygens (including phenoxy) is 1. The minimum absolute atomic E-state index is 0.204. The number of H-pyrrole nitrogens is 1. The average molecular weight is 364 g/mol. The zero-order valence-electron chi connectivity index (χ0n) is 13.8. The highest BCUT2D eigenvalue weighted by Gasteiger charge is 2.11. The van der Waals surface area contributed by atoms with E-state index in [0.717, 1.165) is 21.7 Å². The van der Waals surface area contributed by atoms with Crippen LogP contribution in [0.25, 0.3) is 10.9 Å². The zero-order valence-corrected chi connectivity index (χ0v) is 14.6. The lowest BCUT2D eigenvalue weighted by molar-refractivity contribution is 0.102. The molecule has 0 bridgehead atoms. The second-order valence-corrected chi connectivity index (χ2v) is 6.71. The molecular weight excluding hydrogens is 348 g/mol.